The average molecular weight is 225 g/mol. The quantitative estimate of drug-likeness (QED) is 0.743. The molecule has 0 aliphatic rings. The van der Waals surface area contributed by atoms with E-state index >= 15 is 0 Å². The van der Waals surface area contributed by atoms with Crippen LogP contribution in [0.1, 0.15) is 10.4 Å². The van der Waals surface area contributed by atoms with Crippen molar-refractivity contribution in [2.24, 2.45) is 5.73 Å². The van der Waals surface area contributed by atoms with E-state index < -0.39 is 26.5 Å². The van der Waals surface area contributed by atoms with Gasteiger partial charge in [0, 0.05) is 6.20 Å². The Kier molecular flexibility index (Phi) is 3.01. The van der Waals surface area contributed by atoms with Gasteiger partial charge in [0.25, 0.3) is 5.91 Å². The Labute approximate surface area is 86.3 Å². The monoisotopic (exact) mass is 225 g/mol. The van der Waals surface area contributed by atoms with E-state index in [1.54, 1.807) is 0 Å². The molecule has 0 saturated carbocycles. The highest BCUT2D eigenvalue weighted by Crippen LogP contribution is 2.12. The fourth-order valence-corrected chi connectivity index (χ4v) is 2.01. The number of primary amides is 1. The van der Waals surface area contributed by atoms with Crippen molar-refractivity contribution in [1.29, 1.82) is 5.26 Å². The Morgan fingerprint density at radius 2 is 2.27 bits per heavy atom. The molecule has 1 aromatic rings. The molecule has 1 amide bonds. The van der Waals surface area contributed by atoms with Crippen molar-refractivity contribution in [3.63, 3.8) is 0 Å². The third-order valence-corrected chi connectivity index (χ3v) is 3.01. The molecule has 0 radical (unpaired) electrons. The minimum atomic E-state index is -3.86. The summed E-state index contributed by atoms with van der Waals surface area (Å²) in [5, 5.41) is 7.87. The van der Waals surface area contributed by atoms with Gasteiger partial charge in [0.2, 0.25) is 9.84 Å². The Hall–Kier alpha value is -1.94. The summed E-state index contributed by atoms with van der Waals surface area (Å²) < 4.78 is 22.9. The van der Waals surface area contributed by atoms with Crippen molar-refractivity contribution in [1.82, 2.24) is 4.98 Å². The van der Waals surface area contributed by atoms with Crippen molar-refractivity contribution < 1.29 is 13.2 Å². The lowest BCUT2D eigenvalue weighted by Crippen LogP contribution is -2.18. The smallest absolute Gasteiger partial charge is 0.251 e. The second-order valence-electron chi connectivity index (χ2n) is 2.64. The number of hydrogen-bond acceptors (Lipinski definition) is 5. The van der Waals surface area contributed by atoms with Crippen LogP contribution in [0.25, 0.3) is 0 Å². The molecule has 1 heterocycles. The first-order valence-electron chi connectivity index (χ1n) is 3.83. The zero-order valence-corrected chi connectivity index (χ0v) is 8.36. The van der Waals surface area contributed by atoms with Crippen LogP contribution in [0.3, 0.4) is 0 Å². The molecule has 6 nitrogen and oxygen atoms in total. The van der Waals surface area contributed by atoms with Gasteiger partial charge in [0.15, 0.2) is 5.03 Å². The van der Waals surface area contributed by atoms with Crippen molar-refractivity contribution in [2.75, 3.05) is 5.75 Å². The molecule has 0 aromatic carbocycles. The van der Waals surface area contributed by atoms with E-state index in [0.29, 0.717) is 0 Å². The molecule has 78 valence electrons. The van der Waals surface area contributed by atoms with Crippen molar-refractivity contribution >= 4 is 15.7 Å². The largest absolute Gasteiger partial charge is 0.366 e. The average Bonchev–Trinajstić information content (AvgIpc) is 2.17. The fourth-order valence-electron chi connectivity index (χ4n) is 0.980. The summed E-state index contributed by atoms with van der Waals surface area (Å²) >= 11 is 0. The molecule has 0 atom stereocenters. The van der Waals surface area contributed by atoms with Crippen LogP contribution in [-0.2, 0) is 9.84 Å². The molecule has 2 N–H and O–H groups in total. The first kappa shape index (κ1) is 11.1. The van der Waals surface area contributed by atoms with E-state index in [9.17, 15) is 13.2 Å². The van der Waals surface area contributed by atoms with Gasteiger partial charge in [-0.25, -0.2) is 13.4 Å². The Balaban J connectivity index is 3.39. The summed E-state index contributed by atoms with van der Waals surface area (Å²) in [7, 11) is -3.86. The van der Waals surface area contributed by atoms with Gasteiger partial charge in [-0.3, -0.25) is 4.79 Å². The summed E-state index contributed by atoms with van der Waals surface area (Å²) in [6, 6.07) is 4.14. The van der Waals surface area contributed by atoms with Gasteiger partial charge in [-0.1, -0.05) is 0 Å². The summed E-state index contributed by atoms with van der Waals surface area (Å²) in [4.78, 5) is 14.5. The molecule has 7 heteroatoms. The highest BCUT2D eigenvalue weighted by molar-refractivity contribution is 7.91. The predicted octanol–water partition coefficient (Wildman–Crippen LogP) is -0.522. The maximum absolute atomic E-state index is 11.5. The number of nitrogens with zero attached hydrogens (tertiary/aromatic N) is 2. The summed E-state index contributed by atoms with van der Waals surface area (Å²) in [6.07, 6.45) is 1.22. The minimum absolute atomic E-state index is 0.201. The molecule has 1 aromatic heterocycles. The number of pyridine rings is 1. The van der Waals surface area contributed by atoms with Crippen LogP contribution in [0.15, 0.2) is 23.4 Å². The summed E-state index contributed by atoms with van der Waals surface area (Å²) in [6.45, 7) is 0. The van der Waals surface area contributed by atoms with E-state index in [-0.39, 0.29) is 5.56 Å². The van der Waals surface area contributed by atoms with Gasteiger partial charge < -0.3 is 5.73 Å². The van der Waals surface area contributed by atoms with Crippen LogP contribution >= 0.6 is 0 Å². The van der Waals surface area contributed by atoms with Crippen molar-refractivity contribution in [3.8, 4) is 6.07 Å². The predicted molar refractivity (Wildman–Crippen MR) is 50.4 cm³/mol. The molecule has 0 aliphatic heterocycles. The highest BCUT2D eigenvalue weighted by atomic mass is 32.2. The van der Waals surface area contributed by atoms with Gasteiger partial charge >= 0.3 is 0 Å². The molecule has 0 bridgehead atoms. The highest BCUT2D eigenvalue weighted by Gasteiger charge is 2.22. The van der Waals surface area contributed by atoms with Crippen LogP contribution in [0.4, 0.5) is 0 Å². The van der Waals surface area contributed by atoms with Gasteiger partial charge in [0.05, 0.1) is 11.6 Å². The standard InChI is InChI=1S/C8H7N3O3S/c9-3-5-15(13,14)8-6(7(10)12)2-1-4-11-8/h1-2,4H,5H2,(H2,10,12). The van der Waals surface area contributed by atoms with Crippen LogP contribution in [0.2, 0.25) is 0 Å². The summed E-state index contributed by atoms with van der Waals surface area (Å²) in [5.74, 6) is -1.62. The summed E-state index contributed by atoms with van der Waals surface area (Å²) in [5.41, 5.74) is 4.78. The van der Waals surface area contributed by atoms with Gasteiger partial charge in [-0.05, 0) is 12.1 Å². The SMILES string of the molecule is N#CCS(=O)(=O)c1ncccc1C(N)=O. The van der Waals surface area contributed by atoms with E-state index in [0.717, 1.165) is 0 Å². The van der Waals surface area contributed by atoms with E-state index in [2.05, 4.69) is 4.98 Å². The van der Waals surface area contributed by atoms with Crippen molar-refractivity contribution in [3.05, 3.63) is 23.9 Å². The molecule has 0 spiro atoms. The second-order valence-corrected chi connectivity index (χ2v) is 4.54. The Morgan fingerprint density at radius 1 is 1.60 bits per heavy atom. The fraction of sp³-hybridized carbons (Fsp3) is 0.125. The number of hydrogen-bond donors (Lipinski definition) is 1. The molecular weight excluding hydrogens is 218 g/mol. The lowest BCUT2D eigenvalue weighted by Gasteiger charge is -2.03. The third kappa shape index (κ3) is 2.30. The normalized spacial score (nSPS) is 10.6. The zero-order valence-electron chi connectivity index (χ0n) is 7.54. The van der Waals surface area contributed by atoms with Gasteiger partial charge in [-0.15, -0.1) is 0 Å². The van der Waals surface area contributed by atoms with Gasteiger partial charge in [-0.2, -0.15) is 5.26 Å². The Morgan fingerprint density at radius 3 is 2.80 bits per heavy atom. The number of carbonyl (C=O) groups excluding carboxylic acids is 1. The molecular formula is C8H7N3O3S. The number of amides is 1. The lowest BCUT2D eigenvalue weighted by molar-refractivity contribution is 0.0996. The van der Waals surface area contributed by atoms with Crippen LogP contribution in [0.5, 0.6) is 0 Å². The first-order valence-corrected chi connectivity index (χ1v) is 5.49. The third-order valence-electron chi connectivity index (χ3n) is 1.59. The maximum Gasteiger partial charge on any atom is 0.251 e. The van der Waals surface area contributed by atoms with Crippen LogP contribution in [-0.4, -0.2) is 25.1 Å². The number of carbonyl (C=O) groups is 1. The maximum atomic E-state index is 11.5. The van der Waals surface area contributed by atoms with Crippen LogP contribution < -0.4 is 5.73 Å². The number of aromatic nitrogens is 1. The van der Waals surface area contributed by atoms with E-state index in [1.165, 1.54) is 24.4 Å². The number of nitrogens with two attached hydrogens (primary N) is 1. The van der Waals surface area contributed by atoms with Crippen LogP contribution in [0, 0.1) is 11.3 Å². The number of sulfone groups is 1. The Bertz CT molecular complexity index is 530. The molecule has 0 saturated heterocycles. The van der Waals surface area contributed by atoms with Crippen molar-refractivity contribution in [2.45, 2.75) is 5.03 Å². The first-order chi connectivity index (χ1) is 6.99. The zero-order chi connectivity index (χ0) is 11.5. The second kappa shape index (κ2) is 4.06. The molecule has 0 fully saturated rings. The number of rotatable bonds is 3. The van der Waals surface area contributed by atoms with E-state index in [4.69, 9.17) is 11.0 Å². The number of nitriles is 1. The molecule has 1 rings (SSSR count). The topological polar surface area (TPSA) is 114 Å². The van der Waals surface area contributed by atoms with Gasteiger partial charge in [0.1, 0.15) is 5.75 Å². The minimum Gasteiger partial charge on any atom is -0.366 e. The van der Waals surface area contributed by atoms with E-state index in [1.807, 2.05) is 0 Å². The molecule has 0 unspecified atom stereocenters. The lowest BCUT2D eigenvalue weighted by atomic mass is 10.3. The molecule has 0 aliphatic carbocycles. The molecule has 15 heavy (non-hydrogen) atoms.